The average Bonchev–Trinajstić information content (AvgIpc) is 3.73. The van der Waals surface area contributed by atoms with Gasteiger partial charge in [-0.15, -0.1) is 11.3 Å². The van der Waals surface area contributed by atoms with Crippen LogP contribution in [0.3, 0.4) is 0 Å². The van der Waals surface area contributed by atoms with Gasteiger partial charge in [0.05, 0.1) is 35.0 Å². The van der Waals surface area contributed by atoms with Crippen molar-refractivity contribution in [2.75, 3.05) is 18.4 Å². The molecule has 6 aromatic heterocycles. The van der Waals surface area contributed by atoms with Gasteiger partial charge in [-0.1, -0.05) is 6.07 Å². The van der Waals surface area contributed by atoms with Gasteiger partial charge in [0, 0.05) is 45.6 Å². The van der Waals surface area contributed by atoms with E-state index < -0.39 is 0 Å². The number of carbonyl (C=O) groups is 1. The summed E-state index contributed by atoms with van der Waals surface area (Å²) in [4.78, 5) is 30.8. The number of fused-ring (bicyclic) bond motifs is 2. The molecule has 7 heterocycles. The van der Waals surface area contributed by atoms with Gasteiger partial charge in [-0.25, -0.2) is 4.98 Å². The van der Waals surface area contributed by atoms with E-state index in [1.807, 2.05) is 24.4 Å². The fourth-order valence-electron chi connectivity index (χ4n) is 5.29. The van der Waals surface area contributed by atoms with Crippen LogP contribution < -0.4 is 10.6 Å². The molecule has 7 rings (SSSR count). The lowest BCUT2D eigenvalue weighted by Gasteiger charge is -2.21. The second kappa shape index (κ2) is 10.0. The minimum atomic E-state index is 0.0238. The predicted octanol–water partition coefficient (Wildman–Crippen LogP) is 5.62. The number of hydrogen-bond donors (Lipinski definition) is 4. The van der Waals surface area contributed by atoms with Gasteiger partial charge in [0.1, 0.15) is 11.3 Å². The minimum absolute atomic E-state index is 0.0238. The number of hydrogen-bond acceptors (Lipinski definition) is 7. The van der Waals surface area contributed by atoms with Crippen molar-refractivity contribution in [2.45, 2.75) is 19.3 Å². The van der Waals surface area contributed by atoms with Crippen LogP contribution in [0.4, 0.5) is 5.69 Å². The van der Waals surface area contributed by atoms with E-state index in [4.69, 9.17) is 0 Å². The highest BCUT2D eigenvalue weighted by Crippen LogP contribution is 2.35. The topological polar surface area (TPSA) is 124 Å². The summed E-state index contributed by atoms with van der Waals surface area (Å²) in [5.41, 5.74) is 6.71. The molecule has 39 heavy (non-hydrogen) atoms. The van der Waals surface area contributed by atoms with E-state index >= 15 is 0 Å². The number of carbonyl (C=O) groups excluding carboxylic acids is 1. The third kappa shape index (κ3) is 4.68. The second-order valence-electron chi connectivity index (χ2n) is 9.88. The number of piperidine rings is 1. The molecule has 0 atom stereocenters. The minimum Gasteiger partial charge on any atom is -0.338 e. The molecule has 0 unspecified atom stereocenters. The van der Waals surface area contributed by atoms with E-state index in [-0.39, 0.29) is 5.91 Å². The number of thiophene rings is 1. The lowest BCUT2D eigenvalue weighted by atomic mass is 9.94. The third-order valence-corrected chi connectivity index (χ3v) is 8.17. The maximum absolute atomic E-state index is 12.6. The molecule has 4 N–H and O–H groups in total. The summed E-state index contributed by atoms with van der Waals surface area (Å²) in [5, 5.41) is 18.1. The van der Waals surface area contributed by atoms with Crippen molar-refractivity contribution in [2.24, 2.45) is 5.92 Å². The van der Waals surface area contributed by atoms with E-state index in [1.54, 1.807) is 29.9 Å². The van der Waals surface area contributed by atoms with Crippen LogP contribution in [-0.2, 0) is 4.79 Å². The summed E-state index contributed by atoms with van der Waals surface area (Å²) in [6.45, 7) is 1.95. The summed E-state index contributed by atoms with van der Waals surface area (Å²) in [6.07, 6.45) is 9.64. The number of pyridine rings is 3. The molecule has 9 nitrogen and oxygen atoms in total. The number of nitrogens with zero attached hydrogens (tertiary/aromatic N) is 4. The van der Waals surface area contributed by atoms with Gasteiger partial charge >= 0.3 is 0 Å². The highest BCUT2D eigenvalue weighted by molar-refractivity contribution is 7.13. The first-order valence-electron chi connectivity index (χ1n) is 13.0. The summed E-state index contributed by atoms with van der Waals surface area (Å²) in [5.74, 6) is 0.447. The Morgan fingerprint density at radius 2 is 1.97 bits per heavy atom. The summed E-state index contributed by atoms with van der Waals surface area (Å²) in [6, 6.07) is 12.2. The van der Waals surface area contributed by atoms with Crippen LogP contribution in [0.25, 0.3) is 55.0 Å². The van der Waals surface area contributed by atoms with Crippen molar-refractivity contribution in [3.05, 3.63) is 66.6 Å². The first kappa shape index (κ1) is 23.7. The highest BCUT2D eigenvalue weighted by atomic mass is 32.1. The molecule has 1 fully saturated rings. The van der Waals surface area contributed by atoms with Crippen molar-refractivity contribution in [3.63, 3.8) is 0 Å². The molecule has 1 aliphatic rings. The van der Waals surface area contributed by atoms with Gasteiger partial charge in [-0.2, -0.15) is 5.10 Å². The maximum Gasteiger partial charge on any atom is 0.224 e. The van der Waals surface area contributed by atoms with Crippen molar-refractivity contribution in [1.82, 2.24) is 35.5 Å². The Morgan fingerprint density at radius 3 is 2.85 bits per heavy atom. The van der Waals surface area contributed by atoms with E-state index in [0.717, 1.165) is 76.1 Å². The van der Waals surface area contributed by atoms with Crippen molar-refractivity contribution >= 4 is 44.9 Å². The van der Waals surface area contributed by atoms with Crippen LogP contribution >= 0.6 is 11.3 Å². The molecule has 1 saturated heterocycles. The van der Waals surface area contributed by atoms with Crippen molar-refractivity contribution in [1.29, 1.82) is 0 Å². The lowest BCUT2D eigenvalue weighted by Crippen LogP contribution is -2.30. The van der Waals surface area contributed by atoms with Crippen LogP contribution in [-0.4, -0.2) is 49.1 Å². The largest absolute Gasteiger partial charge is 0.338 e. The summed E-state index contributed by atoms with van der Waals surface area (Å²) >= 11 is 1.71. The van der Waals surface area contributed by atoms with Crippen LogP contribution in [0.15, 0.2) is 66.6 Å². The highest BCUT2D eigenvalue weighted by Gasteiger charge is 2.18. The van der Waals surface area contributed by atoms with Gasteiger partial charge in [0.2, 0.25) is 5.91 Å². The number of nitrogens with one attached hydrogen (secondary N) is 4. The molecule has 1 amide bonds. The molecule has 0 radical (unpaired) electrons. The molecule has 6 aromatic rings. The quantitative estimate of drug-likeness (QED) is 0.220. The molecule has 0 bridgehead atoms. The smallest absolute Gasteiger partial charge is 0.224 e. The molecule has 1 aliphatic heterocycles. The van der Waals surface area contributed by atoms with Crippen LogP contribution in [0.2, 0.25) is 0 Å². The Bertz CT molecular complexity index is 1780. The maximum atomic E-state index is 12.6. The molecule has 0 spiro atoms. The molecule has 0 aromatic carbocycles. The first-order chi connectivity index (χ1) is 19.2. The Balaban J connectivity index is 1.19. The first-order valence-corrected chi connectivity index (χ1v) is 13.9. The number of amides is 1. The van der Waals surface area contributed by atoms with Crippen molar-refractivity contribution < 1.29 is 4.79 Å². The Labute approximate surface area is 228 Å². The SMILES string of the molecule is O=C(CC1CCNCC1)Nc1cncc(-c2cc3c(-c4cc5c(-c6cccs6)ccnc5[nH]4)n[nH]c3cn2)c1. The van der Waals surface area contributed by atoms with Gasteiger partial charge in [0.25, 0.3) is 0 Å². The summed E-state index contributed by atoms with van der Waals surface area (Å²) < 4.78 is 0. The fourth-order valence-corrected chi connectivity index (χ4v) is 6.06. The predicted molar refractivity (Wildman–Crippen MR) is 154 cm³/mol. The molecular formula is C29H26N8OS. The number of anilines is 1. The van der Waals surface area contributed by atoms with Crippen LogP contribution in [0, 0.1) is 5.92 Å². The van der Waals surface area contributed by atoms with E-state index in [9.17, 15) is 4.79 Å². The Hall–Kier alpha value is -4.41. The van der Waals surface area contributed by atoms with Crippen LogP contribution in [0.1, 0.15) is 19.3 Å². The second-order valence-corrected chi connectivity index (χ2v) is 10.8. The Morgan fingerprint density at radius 1 is 1.05 bits per heavy atom. The molecule has 10 heteroatoms. The van der Waals surface area contributed by atoms with E-state index in [0.29, 0.717) is 18.0 Å². The van der Waals surface area contributed by atoms with Gasteiger partial charge in [0.15, 0.2) is 0 Å². The van der Waals surface area contributed by atoms with Crippen molar-refractivity contribution in [3.8, 4) is 33.1 Å². The number of rotatable bonds is 6. The molecule has 194 valence electrons. The zero-order chi connectivity index (χ0) is 26.2. The normalized spacial score (nSPS) is 14.3. The number of H-pyrrole nitrogens is 2. The third-order valence-electron chi connectivity index (χ3n) is 7.27. The average molecular weight is 535 g/mol. The summed E-state index contributed by atoms with van der Waals surface area (Å²) in [7, 11) is 0. The number of aromatic amines is 2. The molecule has 0 aliphatic carbocycles. The Kier molecular flexibility index (Phi) is 6.10. The van der Waals surface area contributed by atoms with Gasteiger partial charge < -0.3 is 15.6 Å². The van der Waals surface area contributed by atoms with E-state index in [1.165, 1.54) is 4.88 Å². The molecular weight excluding hydrogens is 508 g/mol. The van der Waals surface area contributed by atoms with E-state index in [2.05, 4.69) is 64.3 Å². The van der Waals surface area contributed by atoms with Gasteiger partial charge in [-0.05, 0) is 67.6 Å². The fraction of sp³-hybridized carbons (Fsp3) is 0.207. The standard InChI is InChI=1S/C29H26N8OS/c38-27(10-17-3-6-30-7-4-17)34-19-11-18(14-31-15-19)23-13-22-25(16-33-23)36-37-28(22)24-12-21-20(26-2-1-9-39-26)5-8-32-29(21)35-24/h1-2,5,8-9,11-17,30H,3-4,6-7,10H2,(H,32,35)(H,34,38)(H,36,37). The lowest BCUT2D eigenvalue weighted by molar-refractivity contribution is -0.117. The van der Waals surface area contributed by atoms with Gasteiger partial charge in [-0.3, -0.25) is 19.9 Å². The zero-order valence-electron chi connectivity index (χ0n) is 21.1. The molecule has 0 saturated carbocycles. The zero-order valence-corrected chi connectivity index (χ0v) is 21.9. The van der Waals surface area contributed by atoms with Crippen LogP contribution in [0.5, 0.6) is 0 Å². The monoisotopic (exact) mass is 534 g/mol. The number of aromatic nitrogens is 6.